The van der Waals surface area contributed by atoms with Gasteiger partial charge in [-0.1, -0.05) is 66.7 Å². The second-order valence-electron chi connectivity index (χ2n) is 6.35. The van der Waals surface area contributed by atoms with E-state index in [1.54, 1.807) is 11.8 Å². The molecule has 0 unspecified atom stereocenters. The molecule has 0 saturated heterocycles. The SMILES string of the molecule is CCOC(=O)C[C@@H]1C(=O)N(Cc2ccccc2)C=C[C@H]1c1ccccc1. The zero-order valence-electron chi connectivity index (χ0n) is 14.9. The molecule has 0 aliphatic carbocycles. The van der Waals surface area contributed by atoms with Gasteiger partial charge in [0.05, 0.1) is 25.5 Å². The third kappa shape index (κ3) is 4.20. The Morgan fingerprint density at radius 3 is 2.35 bits per heavy atom. The quantitative estimate of drug-likeness (QED) is 0.743. The van der Waals surface area contributed by atoms with E-state index in [0.717, 1.165) is 11.1 Å². The molecule has 0 spiro atoms. The summed E-state index contributed by atoms with van der Waals surface area (Å²) in [4.78, 5) is 26.9. The lowest BCUT2D eigenvalue weighted by atomic mass is 9.81. The van der Waals surface area contributed by atoms with E-state index in [4.69, 9.17) is 4.74 Å². The molecule has 0 N–H and O–H groups in total. The van der Waals surface area contributed by atoms with Crippen molar-refractivity contribution in [1.82, 2.24) is 4.90 Å². The smallest absolute Gasteiger partial charge is 0.306 e. The molecule has 1 heterocycles. The molecule has 4 nitrogen and oxygen atoms in total. The Hall–Kier alpha value is -2.88. The molecular formula is C22H23NO3. The molecule has 0 bridgehead atoms. The lowest BCUT2D eigenvalue weighted by molar-refractivity contribution is -0.148. The topological polar surface area (TPSA) is 46.6 Å². The van der Waals surface area contributed by atoms with Gasteiger partial charge in [-0.05, 0) is 18.1 Å². The molecule has 1 aliphatic rings. The molecule has 4 heteroatoms. The average molecular weight is 349 g/mol. The van der Waals surface area contributed by atoms with Gasteiger partial charge in [0.1, 0.15) is 0 Å². The highest BCUT2D eigenvalue weighted by Gasteiger charge is 2.36. The van der Waals surface area contributed by atoms with E-state index in [1.165, 1.54) is 0 Å². The van der Waals surface area contributed by atoms with Gasteiger partial charge in [-0.3, -0.25) is 9.59 Å². The van der Waals surface area contributed by atoms with Gasteiger partial charge in [-0.25, -0.2) is 0 Å². The standard InChI is InChI=1S/C22H23NO3/c1-2-26-21(24)15-20-19(18-11-7-4-8-12-18)13-14-23(22(20)25)16-17-9-5-3-6-10-17/h3-14,19-20H,2,15-16H2,1H3/t19-,20-/m0/s1. The maximum absolute atomic E-state index is 13.1. The number of carbonyl (C=O) groups excluding carboxylic acids is 2. The molecular weight excluding hydrogens is 326 g/mol. The summed E-state index contributed by atoms with van der Waals surface area (Å²) in [6, 6.07) is 19.7. The zero-order valence-corrected chi connectivity index (χ0v) is 14.9. The Kier molecular flexibility index (Phi) is 5.84. The van der Waals surface area contributed by atoms with Gasteiger partial charge >= 0.3 is 5.97 Å². The Bertz CT molecular complexity index is 770. The highest BCUT2D eigenvalue weighted by atomic mass is 16.5. The van der Waals surface area contributed by atoms with Crippen LogP contribution < -0.4 is 0 Å². The van der Waals surface area contributed by atoms with Crippen LogP contribution in [0.15, 0.2) is 72.9 Å². The largest absolute Gasteiger partial charge is 0.466 e. The number of allylic oxidation sites excluding steroid dienone is 1. The zero-order chi connectivity index (χ0) is 18.4. The first-order valence-corrected chi connectivity index (χ1v) is 8.92. The fourth-order valence-electron chi connectivity index (χ4n) is 3.31. The second kappa shape index (κ2) is 8.48. The van der Waals surface area contributed by atoms with Crippen molar-refractivity contribution in [2.24, 2.45) is 5.92 Å². The summed E-state index contributed by atoms with van der Waals surface area (Å²) in [6.07, 6.45) is 3.94. The molecule has 2 aromatic carbocycles. The van der Waals surface area contributed by atoms with Crippen LogP contribution in [0.1, 0.15) is 30.4 Å². The molecule has 26 heavy (non-hydrogen) atoms. The van der Waals surface area contributed by atoms with Crippen LogP contribution in [-0.4, -0.2) is 23.4 Å². The third-order valence-electron chi connectivity index (χ3n) is 4.58. The molecule has 134 valence electrons. The molecule has 0 aromatic heterocycles. The number of rotatable bonds is 6. The Balaban J connectivity index is 1.86. The number of hydrogen-bond acceptors (Lipinski definition) is 3. The first-order chi connectivity index (χ1) is 12.7. The van der Waals surface area contributed by atoms with Crippen molar-refractivity contribution in [1.29, 1.82) is 0 Å². The fourth-order valence-corrected chi connectivity index (χ4v) is 3.31. The molecule has 1 aliphatic heterocycles. The summed E-state index contributed by atoms with van der Waals surface area (Å²) in [5.74, 6) is -0.953. The first-order valence-electron chi connectivity index (χ1n) is 8.92. The third-order valence-corrected chi connectivity index (χ3v) is 4.58. The molecule has 2 aromatic rings. The van der Waals surface area contributed by atoms with Gasteiger partial charge in [0.15, 0.2) is 0 Å². The Morgan fingerprint density at radius 1 is 1.04 bits per heavy atom. The lowest BCUT2D eigenvalue weighted by Gasteiger charge is -2.33. The van der Waals surface area contributed by atoms with E-state index in [-0.39, 0.29) is 24.2 Å². The minimum absolute atomic E-state index is 0.0433. The fraction of sp³-hybridized carbons (Fsp3) is 0.273. The lowest BCUT2D eigenvalue weighted by Crippen LogP contribution is -2.39. The van der Waals surface area contributed by atoms with E-state index >= 15 is 0 Å². The minimum Gasteiger partial charge on any atom is -0.466 e. The van der Waals surface area contributed by atoms with E-state index in [9.17, 15) is 9.59 Å². The summed E-state index contributed by atoms with van der Waals surface area (Å²) in [6.45, 7) is 2.59. The van der Waals surface area contributed by atoms with Crippen molar-refractivity contribution >= 4 is 11.9 Å². The number of hydrogen-bond donors (Lipinski definition) is 0. The van der Waals surface area contributed by atoms with Crippen molar-refractivity contribution < 1.29 is 14.3 Å². The molecule has 0 radical (unpaired) electrons. The minimum atomic E-state index is -0.454. The molecule has 0 saturated carbocycles. The molecule has 3 rings (SSSR count). The van der Waals surface area contributed by atoms with Crippen molar-refractivity contribution in [2.45, 2.75) is 25.8 Å². The number of esters is 1. The van der Waals surface area contributed by atoms with E-state index in [2.05, 4.69) is 0 Å². The normalized spacial score (nSPS) is 19.4. The van der Waals surface area contributed by atoms with Crippen molar-refractivity contribution in [3.05, 3.63) is 84.1 Å². The van der Waals surface area contributed by atoms with Gasteiger partial charge in [-0.15, -0.1) is 0 Å². The highest BCUT2D eigenvalue weighted by molar-refractivity contribution is 5.86. The van der Waals surface area contributed by atoms with E-state index < -0.39 is 5.92 Å². The number of carbonyl (C=O) groups is 2. The van der Waals surface area contributed by atoms with Crippen LogP contribution in [-0.2, 0) is 20.9 Å². The summed E-state index contributed by atoms with van der Waals surface area (Å²) < 4.78 is 5.10. The van der Waals surface area contributed by atoms with Crippen LogP contribution in [0.3, 0.4) is 0 Å². The van der Waals surface area contributed by atoms with Crippen LogP contribution in [0, 0.1) is 5.92 Å². The van der Waals surface area contributed by atoms with Crippen molar-refractivity contribution in [3.63, 3.8) is 0 Å². The summed E-state index contributed by atoms with van der Waals surface area (Å²) in [7, 11) is 0. The monoisotopic (exact) mass is 349 g/mol. The summed E-state index contributed by atoms with van der Waals surface area (Å²) >= 11 is 0. The number of nitrogens with zero attached hydrogens (tertiary/aromatic N) is 1. The maximum Gasteiger partial charge on any atom is 0.306 e. The average Bonchev–Trinajstić information content (AvgIpc) is 2.67. The summed E-state index contributed by atoms with van der Waals surface area (Å²) in [5, 5.41) is 0. The van der Waals surface area contributed by atoms with Crippen LogP contribution in [0.4, 0.5) is 0 Å². The maximum atomic E-state index is 13.1. The predicted molar refractivity (Wildman–Crippen MR) is 100 cm³/mol. The van der Waals surface area contributed by atoms with Gasteiger partial charge < -0.3 is 9.64 Å². The van der Waals surface area contributed by atoms with Crippen molar-refractivity contribution in [3.8, 4) is 0 Å². The highest BCUT2D eigenvalue weighted by Crippen LogP contribution is 2.34. The summed E-state index contributed by atoms with van der Waals surface area (Å²) in [5.41, 5.74) is 2.09. The molecule has 0 fully saturated rings. The number of benzene rings is 2. The second-order valence-corrected chi connectivity index (χ2v) is 6.35. The van der Waals surface area contributed by atoms with Gasteiger partial charge in [0.2, 0.25) is 5.91 Å². The molecule has 2 atom stereocenters. The number of ether oxygens (including phenoxy) is 1. The van der Waals surface area contributed by atoms with Gasteiger partial charge in [0, 0.05) is 12.1 Å². The Labute approximate surface area is 154 Å². The van der Waals surface area contributed by atoms with Gasteiger partial charge in [-0.2, -0.15) is 0 Å². The van der Waals surface area contributed by atoms with E-state index in [1.807, 2.05) is 72.9 Å². The van der Waals surface area contributed by atoms with Crippen LogP contribution in [0.2, 0.25) is 0 Å². The Morgan fingerprint density at radius 2 is 1.69 bits per heavy atom. The van der Waals surface area contributed by atoms with Gasteiger partial charge in [0.25, 0.3) is 0 Å². The van der Waals surface area contributed by atoms with Crippen LogP contribution in [0.25, 0.3) is 0 Å². The van der Waals surface area contributed by atoms with Crippen LogP contribution in [0.5, 0.6) is 0 Å². The predicted octanol–water partition coefficient (Wildman–Crippen LogP) is 3.90. The van der Waals surface area contributed by atoms with E-state index in [0.29, 0.717) is 13.2 Å². The first kappa shape index (κ1) is 17.9. The van der Waals surface area contributed by atoms with Crippen LogP contribution >= 0.6 is 0 Å². The van der Waals surface area contributed by atoms with Crippen molar-refractivity contribution in [2.75, 3.05) is 6.61 Å². The number of amides is 1. The molecule has 1 amide bonds.